The molecule has 6 nitrogen and oxygen atoms in total. The molecule has 0 radical (unpaired) electrons. The third kappa shape index (κ3) is 7.01. The molecule has 2 aliphatic rings. The fourth-order valence-corrected chi connectivity index (χ4v) is 4.99. The molecule has 4 rings (SSSR count). The quantitative estimate of drug-likeness (QED) is 0.213. The smallest absolute Gasteiger partial charge is 0.375 e. The van der Waals surface area contributed by atoms with Gasteiger partial charge in [-0.1, -0.05) is 66.6 Å². The first-order valence-electron chi connectivity index (χ1n) is 11.3. The third-order valence-electron chi connectivity index (χ3n) is 5.50. The van der Waals surface area contributed by atoms with E-state index in [0.29, 0.717) is 13.2 Å². The second kappa shape index (κ2) is 12.3. The largest absolute Gasteiger partial charge is 0.475 e. The van der Waals surface area contributed by atoms with Gasteiger partial charge in [-0.3, -0.25) is 13.6 Å². The number of fused-ring (bicyclic) bond motifs is 2. The Morgan fingerprint density at radius 3 is 1.71 bits per heavy atom. The van der Waals surface area contributed by atoms with Gasteiger partial charge < -0.3 is 9.47 Å². The van der Waals surface area contributed by atoms with Crippen molar-refractivity contribution < 1.29 is 27.6 Å². The summed E-state index contributed by atoms with van der Waals surface area (Å²) in [6, 6.07) is 16.5. The van der Waals surface area contributed by atoms with E-state index in [-0.39, 0.29) is 33.0 Å². The molecule has 0 aliphatic heterocycles. The van der Waals surface area contributed by atoms with Gasteiger partial charge in [0.2, 0.25) is 0 Å². The second-order valence-corrected chi connectivity index (χ2v) is 9.72. The standard InChI is InChI=1S/C27H29O6P/c1-2-11-31-34(28,32-14-12-29-20-22-16-24-7-3-4-8-25(24)17-22)33-15-13-30-21-23-18-26-9-5-6-10-27(26)19-23/h1,3-10,16,18H,11-15,17,19-21H2. The van der Waals surface area contributed by atoms with Crippen LogP contribution in [0.2, 0.25) is 0 Å². The molecule has 0 unspecified atom stereocenters. The van der Waals surface area contributed by atoms with Crippen molar-refractivity contribution in [2.45, 2.75) is 12.8 Å². The minimum Gasteiger partial charge on any atom is -0.375 e. The number of hydrogen-bond acceptors (Lipinski definition) is 6. The van der Waals surface area contributed by atoms with Gasteiger partial charge in [0.05, 0.1) is 39.6 Å². The summed E-state index contributed by atoms with van der Waals surface area (Å²) in [5.41, 5.74) is 7.45. The molecule has 0 aromatic heterocycles. The van der Waals surface area contributed by atoms with Crippen LogP contribution in [0.4, 0.5) is 0 Å². The zero-order valence-electron chi connectivity index (χ0n) is 19.1. The first kappa shape index (κ1) is 24.6. The Bertz CT molecular complexity index is 1050. The predicted octanol–water partition coefficient (Wildman–Crippen LogP) is 5.09. The van der Waals surface area contributed by atoms with Gasteiger partial charge in [-0.15, -0.1) is 6.42 Å². The van der Waals surface area contributed by atoms with Crippen LogP contribution >= 0.6 is 7.82 Å². The molecule has 7 heteroatoms. The van der Waals surface area contributed by atoms with E-state index in [1.54, 1.807) is 0 Å². The highest BCUT2D eigenvalue weighted by molar-refractivity contribution is 7.48. The lowest BCUT2D eigenvalue weighted by Gasteiger charge is -2.17. The van der Waals surface area contributed by atoms with Gasteiger partial charge in [0.25, 0.3) is 0 Å². The molecule has 34 heavy (non-hydrogen) atoms. The number of benzene rings is 2. The number of hydrogen-bond donors (Lipinski definition) is 0. The van der Waals surface area contributed by atoms with Crippen LogP contribution in [0.3, 0.4) is 0 Å². The van der Waals surface area contributed by atoms with Crippen molar-refractivity contribution in [1.29, 1.82) is 0 Å². The molecular formula is C27H29O6P. The van der Waals surface area contributed by atoms with Crippen molar-refractivity contribution in [3.63, 3.8) is 0 Å². The molecule has 0 amide bonds. The topological polar surface area (TPSA) is 63.2 Å². The van der Waals surface area contributed by atoms with Crippen molar-refractivity contribution in [3.05, 3.63) is 81.9 Å². The summed E-state index contributed by atoms with van der Waals surface area (Å²) in [7, 11) is -3.79. The molecule has 178 valence electrons. The highest BCUT2D eigenvalue weighted by Crippen LogP contribution is 2.49. The van der Waals surface area contributed by atoms with E-state index in [1.807, 2.05) is 24.3 Å². The highest BCUT2D eigenvalue weighted by atomic mass is 31.2. The van der Waals surface area contributed by atoms with E-state index in [0.717, 1.165) is 12.8 Å². The second-order valence-electron chi connectivity index (χ2n) is 8.05. The van der Waals surface area contributed by atoms with Gasteiger partial charge in [-0.05, 0) is 46.2 Å². The van der Waals surface area contributed by atoms with E-state index in [4.69, 9.17) is 29.5 Å². The van der Waals surface area contributed by atoms with Crippen LogP contribution in [-0.2, 0) is 40.5 Å². The summed E-state index contributed by atoms with van der Waals surface area (Å²) in [5.74, 6) is 2.29. The van der Waals surface area contributed by atoms with Gasteiger partial charge in [0.1, 0.15) is 6.61 Å². The zero-order chi connectivity index (χ0) is 23.6. The van der Waals surface area contributed by atoms with Crippen molar-refractivity contribution in [3.8, 4) is 12.3 Å². The number of ether oxygens (including phenoxy) is 2. The summed E-state index contributed by atoms with van der Waals surface area (Å²) in [4.78, 5) is 0. The zero-order valence-corrected chi connectivity index (χ0v) is 20.0. The average molecular weight is 480 g/mol. The summed E-state index contributed by atoms with van der Waals surface area (Å²) in [6.07, 6.45) is 11.3. The van der Waals surface area contributed by atoms with E-state index in [1.165, 1.54) is 33.4 Å². The Morgan fingerprint density at radius 2 is 1.24 bits per heavy atom. The molecule has 0 spiro atoms. The van der Waals surface area contributed by atoms with Crippen molar-refractivity contribution in [1.82, 2.24) is 0 Å². The lowest BCUT2D eigenvalue weighted by atomic mass is 10.1. The molecule has 0 heterocycles. The summed E-state index contributed by atoms with van der Waals surface area (Å²) >= 11 is 0. The van der Waals surface area contributed by atoms with E-state index >= 15 is 0 Å². The van der Waals surface area contributed by atoms with Crippen molar-refractivity contribution in [2.24, 2.45) is 0 Å². The Morgan fingerprint density at radius 1 is 0.735 bits per heavy atom. The number of phosphoric acid groups is 1. The Kier molecular flexibility index (Phi) is 8.90. The first-order valence-corrected chi connectivity index (χ1v) is 12.8. The Labute approximate surface area is 201 Å². The minimum atomic E-state index is -3.79. The number of terminal acetylenes is 1. The lowest BCUT2D eigenvalue weighted by Crippen LogP contribution is -2.11. The van der Waals surface area contributed by atoms with Crippen LogP contribution in [0.15, 0.2) is 59.7 Å². The summed E-state index contributed by atoms with van der Waals surface area (Å²) in [5, 5.41) is 0. The molecular weight excluding hydrogens is 451 g/mol. The Hall–Kier alpha value is -2.49. The van der Waals surface area contributed by atoms with Crippen LogP contribution in [-0.4, -0.2) is 46.2 Å². The molecule has 2 aliphatic carbocycles. The van der Waals surface area contributed by atoms with Crippen molar-refractivity contribution >= 4 is 20.0 Å². The van der Waals surface area contributed by atoms with Crippen LogP contribution < -0.4 is 0 Å². The number of phosphoric ester groups is 1. The summed E-state index contributed by atoms with van der Waals surface area (Å²) < 4.78 is 40.1. The van der Waals surface area contributed by atoms with Gasteiger partial charge in [-0.25, -0.2) is 4.57 Å². The maximum atomic E-state index is 12.8. The van der Waals surface area contributed by atoms with Crippen LogP contribution in [0, 0.1) is 12.3 Å². The van der Waals surface area contributed by atoms with E-state index in [2.05, 4.69) is 42.3 Å². The molecule has 2 aromatic rings. The third-order valence-corrected chi connectivity index (χ3v) is 6.94. The monoisotopic (exact) mass is 480 g/mol. The fourth-order valence-electron chi connectivity index (χ4n) is 3.94. The average Bonchev–Trinajstić information content (AvgIpc) is 3.45. The maximum absolute atomic E-state index is 12.8. The lowest BCUT2D eigenvalue weighted by molar-refractivity contribution is 0.0579. The van der Waals surface area contributed by atoms with Gasteiger partial charge in [0, 0.05) is 0 Å². The first-order chi connectivity index (χ1) is 16.6. The molecule has 0 saturated carbocycles. The molecule has 0 N–H and O–H groups in total. The normalized spacial score (nSPS) is 14.3. The van der Waals surface area contributed by atoms with Gasteiger partial charge in [0.15, 0.2) is 0 Å². The maximum Gasteiger partial charge on any atom is 0.475 e. The molecule has 0 fully saturated rings. The Balaban J connectivity index is 1.12. The summed E-state index contributed by atoms with van der Waals surface area (Å²) in [6.45, 7) is 1.44. The number of rotatable bonds is 14. The van der Waals surface area contributed by atoms with Crippen molar-refractivity contribution in [2.75, 3.05) is 46.2 Å². The minimum absolute atomic E-state index is 0.0636. The molecule has 2 aromatic carbocycles. The van der Waals surface area contributed by atoms with E-state index in [9.17, 15) is 4.57 Å². The van der Waals surface area contributed by atoms with Crippen LogP contribution in [0.25, 0.3) is 12.2 Å². The van der Waals surface area contributed by atoms with Gasteiger partial charge in [-0.2, -0.15) is 0 Å². The molecule has 0 bridgehead atoms. The van der Waals surface area contributed by atoms with Crippen LogP contribution in [0.5, 0.6) is 0 Å². The predicted molar refractivity (Wildman–Crippen MR) is 132 cm³/mol. The molecule has 0 atom stereocenters. The fraction of sp³-hybridized carbons (Fsp3) is 0.333. The highest BCUT2D eigenvalue weighted by Gasteiger charge is 2.26. The van der Waals surface area contributed by atoms with Crippen LogP contribution in [0.1, 0.15) is 22.3 Å². The van der Waals surface area contributed by atoms with Gasteiger partial charge >= 0.3 is 7.82 Å². The molecule has 0 saturated heterocycles. The van der Waals surface area contributed by atoms with E-state index < -0.39 is 7.82 Å². The SMILES string of the molecule is C#CCOP(=O)(OCCOCC1=Cc2ccccc2C1)OCCOCC1=Cc2ccccc2C1.